The number of halogens is 1. The van der Waals surface area contributed by atoms with E-state index in [9.17, 15) is 0 Å². The van der Waals surface area contributed by atoms with E-state index < -0.39 is 0 Å². The Morgan fingerprint density at radius 3 is 3.00 bits per heavy atom. The van der Waals surface area contributed by atoms with Crippen molar-refractivity contribution >= 4 is 26.8 Å². The molecule has 0 radical (unpaired) electrons. The minimum Gasteiger partial charge on any atom is -0.488 e. The molecular formula is C14H14BrNO. The van der Waals surface area contributed by atoms with E-state index in [0.717, 1.165) is 34.1 Å². The molecule has 0 amide bonds. The summed E-state index contributed by atoms with van der Waals surface area (Å²) in [6.45, 7) is 4.17. The van der Waals surface area contributed by atoms with Crippen molar-refractivity contribution in [2.24, 2.45) is 0 Å². The van der Waals surface area contributed by atoms with Crippen LogP contribution in [-0.4, -0.2) is 16.4 Å². The highest BCUT2D eigenvalue weighted by Gasteiger charge is 2.26. The fraction of sp³-hybridized carbons (Fsp3) is 0.357. The lowest BCUT2D eigenvalue weighted by Gasteiger charge is -2.09. The molecule has 2 aromatic rings. The van der Waals surface area contributed by atoms with E-state index in [1.165, 1.54) is 11.1 Å². The molecule has 1 aromatic heterocycles. The summed E-state index contributed by atoms with van der Waals surface area (Å²) >= 11 is 3.49. The van der Waals surface area contributed by atoms with Gasteiger partial charge in [-0.3, -0.25) is 4.98 Å². The maximum Gasteiger partial charge on any atom is 0.134 e. The Balaban J connectivity index is 2.28. The van der Waals surface area contributed by atoms with Crippen molar-refractivity contribution in [3.05, 3.63) is 35.0 Å². The van der Waals surface area contributed by atoms with Gasteiger partial charge in [0.05, 0.1) is 5.52 Å². The van der Waals surface area contributed by atoms with E-state index in [1.54, 1.807) is 0 Å². The minimum absolute atomic E-state index is 0.247. The first kappa shape index (κ1) is 11.0. The fourth-order valence-corrected chi connectivity index (χ4v) is 2.76. The zero-order valence-corrected chi connectivity index (χ0v) is 11.5. The van der Waals surface area contributed by atoms with Gasteiger partial charge in [-0.2, -0.15) is 0 Å². The number of hydrogen-bond acceptors (Lipinski definition) is 2. The monoisotopic (exact) mass is 291 g/mol. The molecule has 3 rings (SSSR count). The molecule has 0 N–H and O–H groups in total. The second kappa shape index (κ2) is 3.98. The molecule has 0 saturated carbocycles. The molecule has 1 aliphatic rings. The molecule has 0 spiro atoms. The Bertz CT molecular complexity index is 594. The van der Waals surface area contributed by atoms with Crippen LogP contribution in [0.25, 0.3) is 10.9 Å². The van der Waals surface area contributed by atoms with Crippen molar-refractivity contribution in [1.29, 1.82) is 0 Å². The minimum atomic E-state index is 0.247. The van der Waals surface area contributed by atoms with Gasteiger partial charge in [0, 0.05) is 28.4 Å². The zero-order valence-electron chi connectivity index (χ0n) is 9.96. The summed E-state index contributed by atoms with van der Waals surface area (Å²) in [5.41, 5.74) is 4.64. The van der Waals surface area contributed by atoms with Gasteiger partial charge in [0.2, 0.25) is 0 Å². The standard InChI is InChI=1S/C14H14BrNO/c1-8-3-4-13-12(5-8)14-11(9(2)16-13)6-10(7-15)17-14/h3-5,10H,6-7H2,1-2H3/t10-/m1/s1. The predicted octanol–water partition coefficient (Wildman–Crippen LogP) is 3.55. The number of aromatic nitrogens is 1. The first-order chi connectivity index (χ1) is 8.19. The maximum absolute atomic E-state index is 6.02. The van der Waals surface area contributed by atoms with Crippen LogP contribution in [0.1, 0.15) is 16.8 Å². The van der Waals surface area contributed by atoms with Gasteiger partial charge in [-0.25, -0.2) is 0 Å². The molecular weight excluding hydrogens is 278 g/mol. The van der Waals surface area contributed by atoms with Crippen LogP contribution in [-0.2, 0) is 6.42 Å². The van der Waals surface area contributed by atoms with Gasteiger partial charge in [-0.15, -0.1) is 0 Å². The van der Waals surface area contributed by atoms with Crippen molar-refractivity contribution in [2.45, 2.75) is 26.4 Å². The van der Waals surface area contributed by atoms with Gasteiger partial charge in [-0.1, -0.05) is 27.6 Å². The molecule has 3 heteroatoms. The summed E-state index contributed by atoms with van der Waals surface area (Å²) in [4.78, 5) is 4.66. The highest BCUT2D eigenvalue weighted by atomic mass is 79.9. The quantitative estimate of drug-likeness (QED) is 0.750. The SMILES string of the molecule is Cc1ccc2nc(C)c3c(c2c1)O[C@@H](CBr)C3. The van der Waals surface area contributed by atoms with Crippen LogP contribution < -0.4 is 4.74 Å². The third-order valence-electron chi connectivity index (χ3n) is 3.28. The van der Waals surface area contributed by atoms with Crippen LogP contribution in [0.3, 0.4) is 0 Å². The maximum atomic E-state index is 6.02. The van der Waals surface area contributed by atoms with Gasteiger partial charge in [0.1, 0.15) is 11.9 Å². The number of pyridine rings is 1. The molecule has 0 fully saturated rings. The summed E-state index contributed by atoms with van der Waals surface area (Å²) in [6, 6.07) is 6.33. The molecule has 2 nitrogen and oxygen atoms in total. The number of fused-ring (bicyclic) bond motifs is 3. The Morgan fingerprint density at radius 1 is 1.41 bits per heavy atom. The lowest BCUT2D eigenvalue weighted by Crippen LogP contribution is -2.13. The van der Waals surface area contributed by atoms with E-state index >= 15 is 0 Å². The van der Waals surface area contributed by atoms with Gasteiger partial charge >= 0.3 is 0 Å². The third kappa shape index (κ3) is 1.73. The molecule has 1 aromatic carbocycles. The highest BCUT2D eigenvalue weighted by Crippen LogP contribution is 2.37. The molecule has 2 heterocycles. The molecule has 88 valence electrons. The van der Waals surface area contributed by atoms with E-state index in [-0.39, 0.29) is 6.10 Å². The Labute approximate surface area is 109 Å². The Morgan fingerprint density at radius 2 is 2.24 bits per heavy atom. The molecule has 0 unspecified atom stereocenters. The normalized spacial score (nSPS) is 18.2. The number of nitrogens with zero attached hydrogens (tertiary/aromatic N) is 1. The first-order valence-corrected chi connectivity index (χ1v) is 6.93. The second-order valence-corrected chi connectivity index (χ2v) is 5.27. The van der Waals surface area contributed by atoms with Crippen molar-refractivity contribution in [3.63, 3.8) is 0 Å². The summed E-state index contributed by atoms with van der Waals surface area (Å²) in [5, 5.41) is 2.02. The first-order valence-electron chi connectivity index (χ1n) is 5.81. The zero-order chi connectivity index (χ0) is 12.0. The lowest BCUT2D eigenvalue weighted by atomic mass is 10.0. The van der Waals surface area contributed by atoms with Gasteiger partial charge < -0.3 is 4.74 Å². The molecule has 0 aliphatic carbocycles. The number of alkyl halides is 1. The molecule has 1 atom stereocenters. The van der Waals surface area contributed by atoms with Crippen LogP contribution in [0.2, 0.25) is 0 Å². The fourth-order valence-electron chi connectivity index (χ4n) is 2.40. The number of benzene rings is 1. The van der Waals surface area contributed by atoms with E-state index in [0.29, 0.717) is 0 Å². The van der Waals surface area contributed by atoms with Crippen LogP contribution >= 0.6 is 15.9 Å². The van der Waals surface area contributed by atoms with E-state index in [4.69, 9.17) is 4.74 Å². The van der Waals surface area contributed by atoms with Crippen molar-refractivity contribution < 1.29 is 4.74 Å². The largest absolute Gasteiger partial charge is 0.488 e. The Kier molecular flexibility index (Phi) is 2.58. The molecule has 0 saturated heterocycles. The number of ether oxygens (including phenoxy) is 1. The van der Waals surface area contributed by atoms with E-state index in [2.05, 4.69) is 53.0 Å². The second-order valence-electron chi connectivity index (χ2n) is 4.62. The van der Waals surface area contributed by atoms with Gasteiger partial charge in [0.25, 0.3) is 0 Å². The van der Waals surface area contributed by atoms with Crippen LogP contribution in [0.4, 0.5) is 0 Å². The summed E-state index contributed by atoms with van der Waals surface area (Å²) in [5.74, 6) is 1.04. The van der Waals surface area contributed by atoms with Crippen LogP contribution in [0.15, 0.2) is 18.2 Å². The van der Waals surface area contributed by atoms with Crippen molar-refractivity contribution in [2.75, 3.05) is 5.33 Å². The van der Waals surface area contributed by atoms with Crippen molar-refractivity contribution in [1.82, 2.24) is 4.98 Å². The van der Waals surface area contributed by atoms with Crippen molar-refractivity contribution in [3.8, 4) is 5.75 Å². The number of rotatable bonds is 1. The number of hydrogen-bond donors (Lipinski definition) is 0. The molecule has 17 heavy (non-hydrogen) atoms. The highest BCUT2D eigenvalue weighted by molar-refractivity contribution is 9.09. The molecule has 1 aliphatic heterocycles. The number of aryl methyl sites for hydroxylation is 2. The molecule has 0 bridgehead atoms. The van der Waals surface area contributed by atoms with Crippen LogP contribution in [0.5, 0.6) is 5.75 Å². The predicted molar refractivity (Wildman–Crippen MR) is 73.1 cm³/mol. The smallest absolute Gasteiger partial charge is 0.134 e. The van der Waals surface area contributed by atoms with Gasteiger partial charge in [-0.05, 0) is 26.0 Å². The average molecular weight is 292 g/mol. The van der Waals surface area contributed by atoms with E-state index in [1.807, 2.05) is 0 Å². The summed E-state index contributed by atoms with van der Waals surface area (Å²) < 4.78 is 6.02. The average Bonchev–Trinajstić information content (AvgIpc) is 2.75. The van der Waals surface area contributed by atoms with Gasteiger partial charge in [0.15, 0.2) is 0 Å². The van der Waals surface area contributed by atoms with Crippen LogP contribution in [0, 0.1) is 13.8 Å². The summed E-state index contributed by atoms with van der Waals surface area (Å²) in [6.07, 6.45) is 1.21. The lowest BCUT2D eigenvalue weighted by molar-refractivity contribution is 0.263. The third-order valence-corrected chi connectivity index (χ3v) is 4.01. The topological polar surface area (TPSA) is 22.1 Å². The Hall–Kier alpha value is -1.09. The summed E-state index contributed by atoms with van der Waals surface area (Å²) in [7, 11) is 0.